The number of hydrogen-bond acceptors (Lipinski definition) is 5. The van der Waals surface area contributed by atoms with Gasteiger partial charge in [0.2, 0.25) is 0 Å². The van der Waals surface area contributed by atoms with E-state index >= 15 is 0 Å². The van der Waals surface area contributed by atoms with Gasteiger partial charge in [0.15, 0.2) is 14.6 Å². The summed E-state index contributed by atoms with van der Waals surface area (Å²) in [6.45, 7) is 1.28. The minimum atomic E-state index is -5.62. The summed E-state index contributed by atoms with van der Waals surface area (Å²) in [6.07, 6.45) is -5.07. The zero-order valence-corrected chi connectivity index (χ0v) is 23.5. The number of sulfone groups is 1. The number of hydroxylamine groups is 1. The average molecular weight is 618 g/mol. The van der Waals surface area contributed by atoms with Gasteiger partial charge >= 0.3 is 18.1 Å². The topological polar surface area (TPSA) is 107 Å². The fourth-order valence-electron chi connectivity index (χ4n) is 5.42. The summed E-state index contributed by atoms with van der Waals surface area (Å²) in [5.41, 5.74) is 2.88. The van der Waals surface area contributed by atoms with E-state index in [1.54, 1.807) is 4.90 Å². The molecule has 2 aliphatic heterocycles. The molecule has 0 saturated carbocycles. The molecule has 0 spiro atoms. The molecule has 2 fully saturated rings. The highest BCUT2D eigenvalue weighted by Gasteiger charge is 2.56. The number of rotatable bonds is 7. The molecule has 2 aromatic rings. The standard InChI is InChI=1S/C28H32F5N3O5S/c29-27(30,28(31,32)33)13-12-20-4-6-21(7-5-20)22-8-10-23(11-9-22)42(40,41)26(24(37)34-39)14-18-36(19-15-26)25(38)35-16-2-1-3-17-35/h4-11,39H,1-3,12-19H2,(H,34,37). The molecule has 42 heavy (non-hydrogen) atoms. The Morgan fingerprint density at radius 3 is 1.81 bits per heavy atom. The van der Waals surface area contributed by atoms with Crippen molar-refractivity contribution in [1.29, 1.82) is 0 Å². The Kier molecular flexibility index (Phi) is 9.17. The van der Waals surface area contributed by atoms with E-state index in [4.69, 9.17) is 0 Å². The Bertz CT molecular complexity index is 1370. The Labute approximate surface area is 240 Å². The molecule has 2 saturated heterocycles. The lowest BCUT2D eigenvalue weighted by Crippen LogP contribution is -2.59. The molecule has 0 radical (unpaired) electrons. The van der Waals surface area contributed by atoms with Crippen LogP contribution in [0.1, 0.15) is 44.1 Å². The summed E-state index contributed by atoms with van der Waals surface area (Å²) in [6, 6.07) is 11.3. The predicted molar refractivity (Wildman–Crippen MR) is 143 cm³/mol. The average Bonchev–Trinajstić information content (AvgIpc) is 2.99. The van der Waals surface area contributed by atoms with Crippen LogP contribution in [0.15, 0.2) is 53.4 Å². The summed E-state index contributed by atoms with van der Waals surface area (Å²) >= 11 is 0. The van der Waals surface area contributed by atoms with Gasteiger partial charge in [-0.25, -0.2) is 18.7 Å². The maximum atomic E-state index is 13.8. The van der Waals surface area contributed by atoms with Crippen LogP contribution in [0.25, 0.3) is 11.1 Å². The molecule has 0 bridgehead atoms. The van der Waals surface area contributed by atoms with Gasteiger partial charge in [0.05, 0.1) is 4.90 Å². The number of hydrogen-bond donors (Lipinski definition) is 2. The minimum absolute atomic E-state index is 0.0152. The van der Waals surface area contributed by atoms with Gasteiger partial charge in [0.1, 0.15) is 0 Å². The number of carbonyl (C=O) groups excluding carboxylic acids is 2. The predicted octanol–water partition coefficient (Wildman–Crippen LogP) is 5.20. The first-order chi connectivity index (χ1) is 19.7. The quantitative estimate of drug-likeness (QED) is 0.252. The Morgan fingerprint density at radius 2 is 1.31 bits per heavy atom. The van der Waals surface area contributed by atoms with Gasteiger partial charge in [0, 0.05) is 32.6 Å². The maximum Gasteiger partial charge on any atom is 0.453 e. The molecule has 0 unspecified atom stereocenters. The number of nitrogens with one attached hydrogen (secondary N) is 1. The molecular formula is C28H32F5N3O5S. The second-order valence-electron chi connectivity index (χ2n) is 10.7. The molecule has 2 aliphatic rings. The molecule has 0 atom stereocenters. The summed E-state index contributed by atoms with van der Waals surface area (Å²) in [4.78, 5) is 28.8. The number of aryl methyl sites for hydroxylation is 1. The van der Waals surface area contributed by atoms with Crippen LogP contribution in [-0.2, 0) is 21.1 Å². The number of alkyl halides is 5. The third-order valence-electron chi connectivity index (χ3n) is 8.09. The second kappa shape index (κ2) is 12.2. The lowest BCUT2D eigenvalue weighted by molar-refractivity contribution is -0.284. The van der Waals surface area contributed by atoms with Crippen molar-refractivity contribution in [2.24, 2.45) is 0 Å². The summed E-state index contributed by atoms with van der Waals surface area (Å²) in [7, 11) is -4.33. The second-order valence-corrected chi connectivity index (χ2v) is 12.9. The van der Waals surface area contributed by atoms with Gasteiger partial charge in [-0.1, -0.05) is 36.4 Å². The van der Waals surface area contributed by atoms with E-state index in [0.29, 0.717) is 24.2 Å². The van der Waals surface area contributed by atoms with E-state index in [2.05, 4.69) is 0 Å². The molecular weight excluding hydrogens is 585 g/mol. The van der Waals surface area contributed by atoms with Gasteiger partial charge in [-0.05, 0) is 67.3 Å². The summed E-state index contributed by atoms with van der Waals surface area (Å²) in [5, 5.41) is 9.43. The van der Waals surface area contributed by atoms with Crippen molar-refractivity contribution in [2.75, 3.05) is 26.2 Å². The van der Waals surface area contributed by atoms with E-state index < -0.39 is 45.4 Å². The van der Waals surface area contributed by atoms with Crippen molar-refractivity contribution in [3.8, 4) is 11.1 Å². The summed E-state index contributed by atoms with van der Waals surface area (Å²) < 4.78 is 89.3. The third kappa shape index (κ3) is 6.24. The van der Waals surface area contributed by atoms with Crippen LogP contribution in [0.2, 0.25) is 0 Å². The smallest absolute Gasteiger partial charge is 0.325 e. The molecule has 2 heterocycles. The molecule has 0 aliphatic carbocycles. The van der Waals surface area contributed by atoms with E-state index in [-0.39, 0.29) is 42.4 Å². The van der Waals surface area contributed by atoms with Crippen molar-refractivity contribution < 1.29 is 45.2 Å². The molecule has 230 valence electrons. The van der Waals surface area contributed by atoms with Crippen LogP contribution in [0.4, 0.5) is 26.7 Å². The van der Waals surface area contributed by atoms with Crippen LogP contribution in [0.5, 0.6) is 0 Å². The molecule has 8 nitrogen and oxygen atoms in total. The molecule has 3 amide bonds. The van der Waals surface area contributed by atoms with Gasteiger partial charge in [-0.3, -0.25) is 10.0 Å². The zero-order chi connectivity index (χ0) is 30.8. The zero-order valence-electron chi connectivity index (χ0n) is 22.7. The Hall–Kier alpha value is -3.26. The van der Waals surface area contributed by atoms with E-state index in [1.807, 2.05) is 0 Å². The van der Waals surface area contributed by atoms with Gasteiger partial charge in [-0.2, -0.15) is 22.0 Å². The van der Waals surface area contributed by atoms with Gasteiger partial charge in [0.25, 0.3) is 5.91 Å². The first kappa shape index (κ1) is 31.7. The van der Waals surface area contributed by atoms with Crippen molar-refractivity contribution in [3.05, 3.63) is 54.1 Å². The number of amides is 3. The fourth-order valence-corrected chi connectivity index (χ4v) is 7.38. The highest BCUT2D eigenvalue weighted by atomic mass is 32.2. The monoisotopic (exact) mass is 617 g/mol. The largest absolute Gasteiger partial charge is 0.453 e. The number of carbonyl (C=O) groups is 2. The molecule has 0 aromatic heterocycles. The first-order valence-corrected chi connectivity index (χ1v) is 15.1. The molecule has 4 rings (SSSR count). The number of halogens is 5. The highest BCUT2D eigenvalue weighted by Crippen LogP contribution is 2.39. The number of piperidine rings is 2. The highest BCUT2D eigenvalue weighted by molar-refractivity contribution is 7.93. The van der Waals surface area contributed by atoms with Gasteiger partial charge in [-0.15, -0.1) is 0 Å². The van der Waals surface area contributed by atoms with E-state index in [0.717, 1.165) is 19.3 Å². The number of benzene rings is 2. The lowest BCUT2D eigenvalue weighted by atomic mass is 9.95. The third-order valence-corrected chi connectivity index (χ3v) is 10.6. The Morgan fingerprint density at radius 1 is 0.810 bits per heavy atom. The maximum absolute atomic E-state index is 13.8. The van der Waals surface area contributed by atoms with Crippen LogP contribution in [-0.4, -0.2) is 78.4 Å². The fraction of sp³-hybridized carbons (Fsp3) is 0.500. The lowest BCUT2D eigenvalue weighted by Gasteiger charge is -2.41. The van der Waals surface area contributed by atoms with Crippen molar-refractivity contribution >= 4 is 21.8 Å². The summed E-state index contributed by atoms with van der Waals surface area (Å²) in [5.74, 6) is -5.88. The molecule has 14 heteroatoms. The van der Waals surface area contributed by atoms with Crippen LogP contribution >= 0.6 is 0 Å². The van der Waals surface area contributed by atoms with Crippen LogP contribution in [0.3, 0.4) is 0 Å². The van der Waals surface area contributed by atoms with Crippen molar-refractivity contribution in [1.82, 2.24) is 15.3 Å². The van der Waals surface area contributed by atoms with E-state index in [1.165, 1.54) is 58.9 Å². The number of nitrogens with zero attached hydrogens (tertiary/aromatic N) is 2. The Balaban J connectivity index is 1.48. The normalized spacial score (nSPS) is 18.0. The molecule has 2 N–H and O–H groups in total. The van der Waals surface area contributed by atoms with Crippen molar-refractivity contribution in [3.63, 3.8) is 0 Å². The first-order valence-electron chi connectivity index (χ1n) is 13.6. The van der Waals surface area contributed by atoms with Crippen molar-refractivity contribution in [2.45, 2.75) is 66.7 Å². The SMILES string of the molecule is O=C(N1CCCCC1)N1CCC(C(=O)NO)(S(=O)(=O)c2ccc(-c3ccc(CCC(F)(F)C(F)(F)F)cc3)cc2)CC1. The molecule has 2 aromatic carbocycles. The van der Waals surface area contributed by atoms with E-state index in [9.17, 15) is 45.2 Å². The van der Waals surface area contributed by atoms with Crippen LogP contribution in [0, 0.1) is 0 Å². The minimum Gasteiger partial charge on any atom is -0.325 e. The number of likely N-dealkylation sites (tertiary alicyclic amines) is 2. The van der Waals surface area contributed by atoms with Crippen LogP contribution < -0.4 is 5.48 Å². The number of urea groups is 1. The van der Waals surface area contributed by atoms with Gasteiger partial charge < -0.3 is 9.80 Å².